The van der Waals surface area contributed by atoms with Gasteiger partial charge in [-0.25, -0.2) is 17.5 Å². The molecule has 1 saturated carbocycles. The molecular formula is C14H22ClFN2O2S. The smallest absolute Gasteiger partial charge is 0.241 e. The molecule has 2 atom stereocenters. The summed E-state index contributed by atoms with van der Waals surface area (Å²) in [6.07, 6.45) is 3.80. The van der Waals surface area contributed by atoms with Crippen LogP contribution >= 0.6 is 12.4 Å². The minimum Gasteiger partial charge on any atom is -0.330 e. The first-order chi connectivity index (χ1) is 9.44. The molecule has 1 aliphatic rings. The molecule has 3 N–H and O–H groups in total. The van der Waals surface area contributed by atoms with E-state index in [4.69, 9.17) is 5.73 Å². The summed E-state index contributed by atoms with van der Waals surface area (Å²) in [4.78, 5) is 0.0128. The van der Waals surface area contributed by atoms with Crippen LogP contribution in [-0.4, -0.2) is 21.0 Å². The predicted octanol–water partition coefficient (Wildman–Crippen LogP) is 2.35. The average Bonchev–Trinajstić information content (AvgIpc) is 2.41. The van der Waals surface area contributed by atoms with Crippen molar-refractivity contribution in [3.8, 4) is 0 Å². The highest BCUT2D eigenvalue weighted by atomic mass is 35.5. The molecular weight excluding hydrogens is 315 g/mol. The summed E-state index contributed by atoms with van der Waals surface area (Å²) in [5.41, 5.74) is 6.25. The Kier molecular flexibility index (Phi) is 6.59. The molecule has 0 amide bonds. The summed E-state index contributed by atoms with van der Waals surface area (Å²) in [5, 5.41) is 0. The van der Waals surface area contributed by atoms with Crippen LogP contribution in [0.25, 0.3) is 0 Å². The third-order valence-electron chi connectivity index (χ3n) is 3.96. The summed E-state index contributed by atoms with van der Waals surface area (Å²) in [5.74, 6) is -0.387. The number of nitrogens with one attached hydrogen (secondary N) is 1. The molecule has 120 valence electrons. The van der Waals surface area contributed by atoms with Crippen LogP contribution in [0.1, 0.15) is 31.2 Å². The molecule has 0 aromatic heterocycles. The van der Waals surface area contributed by atoms with E-state index in [0.717, 1.165) is 31.7 Å². The molecule has 2 unspecified atom stereocenters. The monoisotopic (exact) mass is 336 g/mol. The van der Waals surface area contributed by atoms with Crippen molar-refractivity contribution in [2.45, 2.75) is 43.5 Å². The highest BCUT2D eigenvalue weighted by molar-refractivity contribution is 7.89. The van der Waals surface area contributed by atoms with E-state index in [0.29, 0.717) is 12.1 Å². The second-order valence-electron chi connectivity index (χ2n) is 5.42. The van der Waals surface area contributed by atoms with Gasteiger partial charge in [0.15, 0.2) is 0 Å². The number of nitrogens with two attached hydrogens (primary N) is 1. The fraction of sp³-hybridized carbons (Fsp3) is 0.571. The van der Waals surface area contributed by atoms with Gasteiger partial charge in [-0.3, -0.25) is 0 Å². The Bertz CT molecular complexity index is 580. The molecule has 21 heavy (non-hydrogen) atoms. The van der Waals surface area contributed by atoms with Gasteiger partial charge in [0.05, 0.1) is 4.90 Å². The van der Waals surface area contributed by atoms with Gasteiger partial charge in [0.1, 0.15) is 5.82 Å². The van der Waals surface area contributed by atoms with E-state index in [-0.39, 0.29) is 29.3 Å². The number of rotatable bonds is 4. The van der Waals surface area contributed by atoms with Crippen LogP contribution in [0.3, 0.4) is 0 Å². The molecule has 0 bridgehead atoms. The Morgan fingerprint density at radius 2 is 2.00 bits per heavy atom. The van der Waals surface area contributed by atoms with Crippen LogP contribution in [0.2, 0.25) is 0 Å². The Labute approximate surface area is 131 Å². The minimum absolute atomic E-state index is 0. The Balaban J connectivity index is 0.00000220. The number of hydrogen-bond donors (Lipinski definition) is 2. The second-order valence-corrected chi connectivity index (χ2v) is 7.10. The van der Waals surface area contributed by atoms with Crippen molar-refractivity contribution < 1.29 is 12.8 Å². The SMILES string of the molecule is Cc1ccc(F)cc1S(=O)(=O)NC1CCCCC1CN.Cl. The predicted molar refractivity (Wildman–Crippen MR) is 83.5 cm³/mol. The van der Waals surface area contributed by atoms with Crippen LogP contribution < -0.4 is 10.5 Å². The van der Waals surface area contributed by atoms with Crippen LogP contribution in [-0.2, 0) is 10.0 Å². The molecule has 7 heteroatoms. The molecule has 0 aliphatic heterocycles. The zero-order chi connectivity index (χ0) is 14.8. The lowest BCUT2D eigenvalue weighted by molar-refractivity contribution is 0.296. The van der Waals surface area contributed by atoms with Gasteiger partial charge in [0, 0.05) is 6.04 Å². The van der Waals surface area contributed by atoms with Crippen LogP contribution in [0.4, 0.5) is 4.39 Å². The lowest BCUT2D eigenvalue weighted by atomic mass is 9.85. The third kappa shape index (κ3) is 4.39. The van der Waals surface area contributed by atoms with Gasteiger partial charge in [-0.2, -0.15) is 0 Å². The molecule has 4 nitrogen and oxygen atoms in total. The van der Waals surface area contributed by atoms with Gasteiger partial charge in [-0.05, 0) is 49.9 Å². The third-order valence-corrected chi connectivity index (χ3v) is 5.59. The summed E-state index contributed by atoms with van der Waals surface area (Å²) in [6, 6.07) is 3.65. The second kappa shape index (κ2) is 7.54. The normalized spacial score (nSPS) is 22.6. The zero-order valence-corrected chi connectivity index (χ0v) is 13.6. The van der Waals surface area contributed by atoms with E-state index in [1.54, 1.807) is 6.92 Å². The van der Waals surface area contributed by atoms with Crippen molar-refractivity contribution in [3.05, 3.63) is 29.6 Å². The van der Waals surface area contributed by atoms with E-state index >= 15 is 0 Å². The Hall–Kier alpha value is -0.690. The molecule has 2 rings (SSSR count). The number of halogens is 2. The van der Waals surface area contributed by atoms with E-state index in [9.17, 15) is 12.8 Å². The van der Waals surface area contributed by atoms with Gasteiger partial charge in [-0.1, -0.05) is 18.9 Å². The molecule has 0 saturated heterocycles. The first-order valence-corrected chi connectivity index (χ1v) is 8.41. The number of sulfonamides is 1. The van der Waals surface area contributed by atoms with Gasteiger partial charge < -0.3 is 5.73 Å². The van der Waals surface area contributed by atoms with Crippen molar-refractivity contribution >= 4 is 22.4 Å². The lowest BCUT2D eigenvalue weighted by Gasteiger charge is -2.31. The van der Waals surface area contributed by atoms with Gasteiger partial charge >= 0.3 is 0 Å². The molecule has 1 fully saturated rings. The lowest BCUT2D eigenvalue weighted by Crippen LogP contribution is -2.44. The Morgan fingerprint density at radius 3 is 2.67 bits per heavy atom. The summed E-state index contributed by atoms with van der Waals surface area (Å²) in [7, 11) is -3.70. The topological polar surface area (TPSA) is 72.2 Å². The van der Waals surface area contributed by atoms with Crippen LogP contribution in [0.15, 0.2) is 23.1 Å². The van der Waals surface area contributed by atoms with E-state index < -0.39 is 15.8 Å². The van der Waals surface area contributed by atoms with Crippen molar-refractivity contribution in [2.24, 2.45) is 11.7 Å². The maximum absolute atomic E-state index is 13.3. The zero-order valence-electron chi connectivity index (χ0n) is 12.0. The molecule has 0 heterocycles. The van der Waals surface area contributed by atoms with Crippen molar-refractivity contribution in [3.63, 3.8) is 0 Å². The fourth-order valence-corrected chi connectivity index (χ4v) is 4.37. The van der Waals surface area contributed by atoms with Crippen molar-refractivity contribution in [2.75, 3.05) is 6.54 Å². The molecule has 1 aromatic carbocycles. The molecule has 0 spiro atoms. The molecule has 1 aliphatic carbocycles. The number of hydrogen-bond acceptors (Lipinski definition) is 3. The van der Waals surface area contributed by atoms with Crippen molar-refractivity contribution in [1.29, 1.82) is 0 Å². The fourth-order valence-electron chi connectivity index (χ4n) is 2.77. The molecule has 0 radical (unpaired) electrons. The van der Waals surface area contributed by atoms with E-state index in [1.807, 2.05) is 0 Å². The first kappa shape index (κ1) is 18.4. The largest absolute Gasteiger partial charge is 0.330 e. The number of benzene rings is 1. The summed E-state index contributed by atoms with van der Waals surface area (Å²) in [6.45, 7) is 2.13. The van der Waals surface area contributed by atoms with Gasteiger partial charge in [0.25, 0.3) is 0 Å². The summed E-state index contributed by atoms with van der Waals surface area (Å²) >= 11 is 0. The highest BCUT2D eigenvalue weighted by Crippen LogP contribution is 2.26. The maximum atomic E-state index is 13.3. The van der Waals surface area contributed by atoms with E-state index in [2.05, 4.69) is 4.72 Å². The summed E-state index contributed by atoms with van der Waals surface area (Å²) < 4.78 is 40.8. The average molecular weight is 337 g/mol. The van der Waals surface area contributed by atoms with E-state index in [1.165, 1.54) is 12.1 Å². The standard InChI is InChI=1S/C14H21FN2O2S.ClH/c1-10-6-7-12(15)8-14(10)20(18,19)17-13-5-3-2-4-11(13)9-16;/h6-8,11,13,17H,2-5,9,16H2,1H3;1H. The highest BCUT2D eigenvalue weighted by Gasteiger charge is 2.29. The quantitative estimate of drug-likeness (QED) is 0.886. The van der Waals surface area contributed by atoms with Gasteiger partial charge in [0.2, 0.25) is 10.0 Å². The van der Waals surface area contributed by atoms with Gasteiger partial charge in [-0.15, -0.1) is 12.4 Å². The minimum atomic E-state index is -3.70. The molecule has 1 aromatic rings. The van der Waals surface area contributed by atoms with Crippen LogP contribution in [0, 0.1) is 18.7 Å². The Morgan fingerprint density at radius 1 is 1.33 bits per heavy atom. The van der Waals surface area contributed by atoms with Crippen molar-refractivity contribution in [1.82, 2.24) is 4.72 Å². The first-order valence-electron chi connectivity index (χ1n) is 6.92. The maximum Gasteiger partial charge on any atom is 0.241 e. The number of aryl methyl sites for hydroxylation is 1. The van der Waals surface area contributed by atoms with Crippen LogP contribution in [0.5, 0.6) is 0 Å².